The molecule has 0 spiro atoms. The van der Waals surface area contributed by atoms with Crippen molar-refractivity contribution in [3.05, 3.63) is 42.2 Å². The number of primary amides is 1. The molecule has 0 unspecified atom stereocenters. The van der Waals surface area contributed by atoms with Crippen molar-refractivity contribution in [2.24, 2.45) is 5.73 Å². The van der Waals surface area contributed by atoms with Gasteiger partial charge in [-0.15, -0.1) is 0 Å². The molecule has 0 radical (unpaired) electrons. The van der Waals surface area contributed by atoms with E-state index in [2.05, 4.69) is 9.97 Å². The second-order valence-electron chi connectivity index (χ2n) is 3.22. The molecular weight excluding hydrogens is 236 g/mol. The molecule has 0 aliphatic heterocycles. The summed E-state index contributed by atoms with van der Waals surface area (Å²) in [7, 11) is 0. The van der Waals surface area contributed by atoms with Crippen molar-refractivity contribution in [2.45, 2.75) is 10.1 Å². The van der Waals surface area contributed by atoms with Gasteiger partial charge in [0.05, 0.1) is 11.3 Å². The molecule has 0 bridgehead atoms. The lowest BCUT2D eigenvalue weighted by Gasteiger charge is -2.05. The Morgan fingerprint density at radius 1 is 1.12 bits per heavy atom. The summed E-state index contributed by atoms with van der Waals surface area (Å²) in [6.45, 7) is 0. The van der Waals surface area contributed by atoms with Crippen LogP contribution in [0.5, 0.6) is 0 Å². The van der Waals surface area contributed by atoms with E-state index < -0.39 is 5.91 Å². The Morgan fingerprint density at radius 3 is 2.41 bits per heavy atom. The van der Waals surface area contributed by atoms with Crippen LogP contribution >= 0.6 is 11.8 Å². The average Bonchev–Trinajstić information content (AvgIpc) is 2.32. The molecule has 2 aromatic heterocycles. The lowest BCUT2D eigenvalue weighted by Crippen LogP contribution is -2.12. The topological polar surface area (TPSA) is 94.9 Å². The average molecular weight is 246 g/mol. The van der Waals surface area contributed by atoms with Gasteiger partial charge in [-0.1, -0.05) is 0 Å². The van der Waals surface area contributed by atoms with Crippen LogP contribution in [0, 0.1) is 0 Å². The van der Waals surface area contributed by atoms with E-state index in [0.29, 0.717) is 21.3 Å². The first-order valence-electron chi connectivity index (χ1n) is 4.81. The molecule has 5 nitrogen and oxygen atoms in total. The first kappa shape index (κ1) is 11.4. The zero-order valence-corrected chi connectivity index (χ0v) is 9.65. The van der Waals surface area contributed by atoms with Crippen molar-refractivity contribution in [2.75, 3.05) is 5.73 Å². The maximum atomic E-state index is 11.2. The maximum absolute atomic E-state index is 11.2. The molecule has 6 heteroatoms. The molecular formula is C11H10N4OS. The standard InChI is InChI=1S/C11H10N4OS/c12-8-4-2-6-15-11(8)17-10-7(9(13)16)3-1-5-14-10/h1-6H,12H2,(H2,13,16). The number of amides is 1. The fourth-order valence-corrected chi connectivity index (χ4v) is 2.11. The number of anilines is 1. The van der Waals surface area contributed by atoms with Crippen LogP contribution in [0.2, 0.25) is 0 Å². The number of pyridine rings is 2. The first-order chi connectivity index (χ1) is 8.18. The molecule has 2 heterocycles. The summed E-state index contributed by atoms with van der Waals surface area (Å²) in [6, 6.07) is 6.76. The van der Waals surface area contributed by atoms with E-state index >= 15 is 0 Å². The van der Waals surface area contributed by atoms with Gasteiger partial charge in [-0.25, -0.2) is 9.97 Å². The highest BCUT2D eigenvalue weighted by molar-refractivity contribution is 7.99. The van der Waals surface area contributed by atoms with Gasteiger partial charge in [0.1, 0.15) is 10.1 Å². The van der Waals surface area contributed by atoms with Gasteiger partial charge in [-0.2, -0.15) is 0 Å². The van der Waals surface area contributed by atoms with E-state index in [1.807, 2.05) is 0 Å². The molecule has 0 aliphatic rings. The van der Waals surface area contributed by atoms with Crippen molar-refractivity contribution in [1.29, 1.82) is 0 Å². The van der Waals surface area contributed by atoms with Crippen molar-refractivity contribution in [3.63, 3.8) is 0 Å². The number of hydrogen-bond donors (Lipinski definition) is 2. The Kier molecular flexibility index (Phi) is 3.24. The molecule has 0 aromatic carbocycles. The second-order valence-corrected chi connectivity index (χ2v) is 4.20. The summed E-state index contributed by atoms with van der Waals surface area (Å²) >= 11 is 1.22. The van der Waals surface area contributed by atoms with E-state index in [1.54, 1.807) is 36.7 Å². The number of rotatable bonds is 3. The number of hydrogen-bond acceptors (Lipinski definition) is 5. The van der Waals surface area contributed by atoms with E-state index in [1.165, 1.54) is 11.8 Å². The second kappa shape index (κ2) is 4.84. The van der Waals surface area contributed by atoms with Crippen LogP contribution in [0.3, 0.4) is 0 Å². The molecule has 0 fully saturated rings. The van der Waals surface area contributed by atoms with Crippen LogP contribution < -0.4 is 11.5 Å². The van der Waals surface area contributed by atoms with Gasteiger partial charge in [0.25, 0.3) is 5.91 Å². The normalized spacial score (nSPS) is 10.1. The van der Waals surface area contributed by atoms with Crippen molar-refractivity contribution >= 4 is 23.4 Å². The molecule has 0 saturated carbocycles. The highest BCUT2D eigenvalue weighted by atomic mass is 32.2. The van der Waals surface area contributed by atoms with Gasteiger partial charge >= 0.3 is 0 Å². The van der Waals surface area contributed by atoms with Crippen LogP contribution in [-0.2, 0) is 0 Å². The summed E-state index contributed by atoms with van der Waals surface area (Å²) in [5.74, 6) is -0.518. The van der Waals surface area contributed by atoms with Gasteiger partial charge in [0.15, 0.2) is 0 Å². The number of aromatic nitrogens is 2. The molecule has 0 aliphatic carbocycles. The van der Waals surface area contributed by atoms with Gasteiger partial charge in [0.2, 0.25) is 0 Å². The SMILES string of the molecule is NC(=O)c1cccnc1Sc1ncccc1N. The Balaban J connectivity index is 2.37. The monoisotopic (exact) mass is 246 g/mol. The maximum Gasteiger partial charge on any atom is 0.251 e. The van der Waals surface area contributed by atoms with E-state index in [4.69, 9.17) is 11.5 Å². The fourth-order valence-electron chi connectivity index (χ4n) is 1.24. The minimum absolute atomic E-state index is 0.363. The third-order valence-electron chi connectivity index (χ3n) is 2.03. The van der Waals surface area contributed by atoms with Gasteiger partial charge in [-0.05, 0) is 36.0 Å². The third-order valence-corrected chi connectivity index (χ3v) is 3.08. The number of nitrogens with zero attached hydrogens (tertiary/aromatic N) is 2. The Labute approximate surface area is 102 Å². The van der Waals surface area contributed by atoms with Crippen LogP contribution in [0.1, 0.15) is 10.4 Å². The van der Waals surface area contributed by atoms with E-state index in [9.17, 15) is 4.79 Å². The first-order valence-corrected chi connectivity index (χ1v) is 5.63. The number of carbonyl (C=O) groups excluding carboxylic acids is 1. The summed E-state index contributed by atoms with van der Waals surface area (Å²) < 4.78 is 0. The van der Waals surface area contributed by atoms with E-state index in [0.717, 1.165) is 0 Å². The minimum atomic E-state index is -0.518. The Morgan fingerprint density at radius 2 is 1.76 bits per heavy atom. The Hall–Kier alpha value is -2.08. The summed E-state index contributed by atoms with van der Waals surface area (Å²) in [5, 5.41) is 1.11. The van der Waals surface area contributed by atoms with Crippen LogP contribution in [0.4, 0.5) is 5.69 Å². The van der Waals surface area contributed by atoms with Crippen molar-refractivity contribution in [1.82, 2.24) is 9.97 Å². The Bertz CT molecular complexity index is 559. The van der Waals surface area contributed by atoms with Gasteiger partial charge < -0.3 is 11.5 Å². The van der Waals surface area contributed by atoms with Gasteiger partial charge in [-0.3, -0.25) is 4.79 Å². The minimum Gasteiger partial charge on any atom is -0.397 e. The lowest BCUT2D eigenvalue weighted by atomic mass is 10.3. The van der Waals surface area contributed by atoms with Crippen LogP contribution in [-0.4, -0.2) is 15.9 Å². The molecule has 1 amide bonds. The molecule has 0 atom stereocenters. The summed E-state index contributed by atoms with van der Waals surface area (Å²) in [6.07, 6.45) is 3.22. The molecule has 17 heavy (non-hydrogen) atoms. The predicted molar refractivity (Wildman–Crippen MR) is 65.5 cm³/mol. The smallest absolute Gasteiger partial charge is 0.251 e. The molecule has 2 aromatic rings. The van der Waals surface area contributed by atoms with Crippen LogP contribution in [0.15, 0.2) is 46.7 Å². The lowest BCUT2D eigenvalue weighted by molar-refractivity contribution is 0.0997. The summed E-state index contributed by atoms with van der Waals surface area (Å²) in [5.41, 5.74) is 11.9. The van der Waals surface area contributed by atoms with Crippen LogP contribution in [0.25, 0.3) is 0 Å². The van der Waals surface area contributed by atoms with E-state index in [-0.39, 0.29) is 0 Å². The molecule has 2 rings (SSSR count). The highest BCUT2D eigenvalue weighted by Gasteiger charge is 2.12. The zero-order chi connectivity index (χ0) is 12.3. The summed E-state index contributed by atoms with van der Waals surface area (Å²) in [4.78, 5) is 19.4. The van der Waals surface area contributed by atoms with Crippen molar-refractivity contribution < 1.29 is 4.79 Å². The molecule has 0 saturated heterocycles. The number of nitrogen functional groups attached to an aromatic ring is 1. The highest BCUT2D eigenvalue weighted by Crippen LogP contribution is 2.30. The van der Waals surface area contributed by atoms with Gasteiger partial charge in [0, 0.05) is 12.4 Å². The number of carbonyl (C=O) groups is 1. The number of nitrogens with two attached hydrogens (primary N) is 2. The fraction of sp³-hybridized carbons (Fsp3) is 0. The predicted octanol–water partition coefficient (Wildman–Crippen LogP) is 1.31. The van der Waals surface area contributed by atoms with Crippen molar-refractivity contribution in [3.8, 4) is 0 Å². The largest absolute Gasteiger partial charge is 0.397 e. The third kappa shape index (κ3) is 2.54. The zero-order valence-electron chi connectivity index (χ0n) is 8.83. The molecule has 86 valence electrons. The quantitative estimate of drug-likeness (QED) is 0.851. The molecule has 4 N–H and O–H groups in total.